The van der Waals surface area contributed by atoms with Crippen LogP contribution in [0.5, 0.6) is 0 Å². The third-order valence-corrected chi connectivity index (χ3v) is 7.48. The van der Waals surface area contributed by atoms with E-state index in [1.165, 1.54) is 0 Å². The van der Waals surface area contributed by atoms with Crippen molar-refractivity contribution in [3.8, 4) is 0 Å². The van der Waals surface area contributed by atoms with Crippen molar-refractivity contribution in [2.75, 3.05) is 52.5 Å². The van der Waals surface area contributed by atoms with Crippen molar-refractivity contribution >= 4 is 46.7 Å². The zero-order valence-electron chi connectivity index (χ0n) is 22.8. The number of β-amino-alcohol motifs (C(OH)–C–C–N with tert-alkyl or cyclic N) is 1. The first-order valence-electron chi connectivity index (χ1n) is 13.3. The number of hydrogen-bond acceptors (Lipinski definition) is 6. The van der Waals surface area contributed by atoms with Crippen LogP contribution in [0.3, 0.4) is 0 Å². The second kappa shape index (κ2) is 16.6. The van der Waals surface area contributed by atoms with Gasteiger partial charge >= 0.3 is 11.9 Å². The first kappa shape index (κ1) is 33.6. The minimum atomic E-state index is -1.26. The number of carboxylic acids is 2. The van der Waals surface area contributed by atoms with Gasteiger partial charge in [-0.2, -0.15) is 0 Å². The Kier molecular flexibility index (Phi) is 13.3. The van der Waals surface area contributed by atoms with Crippen LogP contribution in [0, 0.1) is 0 Å². The van der Waals surface area contributed by atoms with Crippen molar-refractivity contribution in [2.24, 2.45) is 0 Å². The van der Waals surface area contributed by atoms with Crippen molar-refractivity contribution in [2.45, 2.75) is 5.60 Å². The van der Waals surface area contributed by atoms with Gasteiger partial charge in [-0.1, -0.05) is 71.2 Å². The SMILES string of the molecule is O=C(O)/C=C/C(=O)O.OCCN1CCN(CCOC(c2ccc(Cl)cc2)(c2ccc(Cl)cc2)c2ccc(Cl)cc2)CC1. The molecule has 1 heterocycles. The number of aliphatic hydroxyl groups excluding tert-OH is 1. The number of ether oxygens (including phenoxy) is 1. The van der Waals surface area contributed by atoms with E-state index in [0.29, 0.717) is 33.8 Å². The summed E-state index contributed by atoms with van der Waals surface area (Å²) in [4.78, 5) is 23.8. The molecule has 1 aliphatic rings. The van der Waals surface area contributed by atoms with Crippen LogP contribution >= 0.6 is 34.8 Å². The summed E-state index contributed by atoms with van der Waals surface area (Å²) < 4.78 is 6.86. The Morgan fingerprint density at radius 3 is 1.31 bits per heavy atom. The van der Waals surface area contributed by atoms with Gasteiger partial charge < -0.3 is 20.1 Å². The fraction of sp³-hybridized carbons (Fsp3) is 0.290. The molecule has 1 fully saturated rings. The van der Waals surface area contributed by atoms with Crippen LogP contribution in [0.2, 0.25) is 15.1 Å². The first-order chi connectivity index (χ1) is 20.1. The molecule has 3 aromatic rings. The van der Waals surface area contributed by atoms with Crippen molar-refractivity contribution in [3.05, 3.63) is 117 Å². The predicted molar refractivity (Wildman–Crippen MR) is 165 cm³/mol. The lowest BCUT2D eigenvalue weighted by Crippen LogP contribution is -2.48. The molecule has 1 saturated heterocycles. The third-order valence-electron chi connectivity index (χ3n) is 6.73. The molecule has 11 heteroatoms. The van der Waals surface area contributed by atoms with Gasteiger partial charge in [-0.3, -0.25) is 9.80 Å². The number of benzene rings is 3. The summed E-state index contributed by atoms with van der Waals surface area (Å²) in [6.45, 7) is 6.11. The number of aliphatic hydroxyl groups is 1. The Labute approximate surface area is 260 Å². The lowest BCUT2D eigenvalue weighted by atomic mass is 9.80. The second-order valence-corrected chi connectivity index (χ2v) is 10.8. The molecule has 0 bridgehead atoms. The van der Waals surface area contributed by atoms with Gasteiger partial charge in [0, 0.05) is 66.5 Å². The van der Waals surface area contributed by atoms with Gasteiger partial charge in [-0.05, 0) is 53.1 Å². The number of piperazine rings is 1. The number of halogens is 3. The maximum absolute atomic E-state index is 9.55. The molecule has 0 spiro atoms. The topological polar surface area (TPSA) is 111 Å². The molecule has 0 saturated carbocycles. The summed E-state index contributed by atoms with van der Waals surface area (Å²) in [6.07, 6.45) is 1.12. The zero-order valence-corrected chi connectivity index (χ0v) is 25.1. The smallest absolute Gasteiger partial charge is 0.328 e. The molecule has 0 unspecified atom stereocenters. The standard InChI is InChI=1S/C27H29Cl3N2O2.C4H4O4/c28-24-7-1-21(2-8-24)27(22-3-9-25(29)10-4-22,23-5-11-26(30)12-6-23)34-20-18-32-15-13-31(14-16-32)17-19-33;5-3(6)1-2-4(7)8/h1-12,33H,13-20H2;1-2H,(H,5,6)(H,7,8)/b;2-1+. The van der Waals surface area contributed by atoms with Gasteiger partial charge in [0.2, 0.25) is 0 Å². The van der Waals surface area contributed by atoms with Crippen molar-refractivity contribution in [3.63, 3.8) is 0 Å². The van der Waals surface area contributed by atoms with Crippen LogP contribution in [0.25, 0.3) is 0 Å². The Balaban J connectivity index is 0.000000531. The van der Waals surface area contributed by atoms with Crippen molar-refractivity contribution in [1.29, 1.82) is 0 Å². The van der Waals surface area contributed by atoms with Crippen LogP contribution in [0.15, 0.2) is 84.9 Å². The summed E-state index contributed by atoms with van der Waals surface area (Å²) in [7, 11) is 0. The first-order valence-corrected chi connectivity index (χ1v) is 14.4. The van der Waals surface area contributed by atoms with Gasteiger partial charge in [0.1, 0.15) is 5.60 Å². The van der Waals surface area contributed by atoms with E-state index >= 15 is 0 Å². The van der Waals surface area contributed by atoms with E-state index in [4.69, 9.17) is 49.8 Å². The van der Waals surface area contributed by atoms with E-state index in [1.807, 2.05) is 72.8 Å². The molecule has 0 atom stereocenters. The third kappa shape index (κ3) is 9.81. The Bertz CT molecular complexity index is 1180. The van der Waals surface area contributed by atoms with E-state index in [9.17, 15) is 14.7 Å². The van der Waals surface area contributed by atoms with Crippen LogP contribution in [-0.4, -0.2) is 89.5 Å². The predicted octanol–water partition coefficient (Wildman–Crippen LogP) is 5.28. The van der Waals surface area contributed by atoms with E-state index < -0.39 is 17.5 Å². The molecular weight excluding hydrogens is 603 g/mol. The van der Waals surface area contributed by atoms with Gasteiger partial charge in [0.05, 0.1) is 13.2 Å². The van der Waals surface area contributed by atoms with Crippen LogP contribution < -0.4 is 0 Å². The summed E-state index contributed by atoms with van der Waals surface area (Å²) in [5, 5.41) is 26.8. The zero-order chi connectivity index (χ0) is 30.5. The van der Waals surface area contributed by atoms with Crippen LogP contribution in [-0.2, 0) is 19.9 Å². The maximum Gasteiger partial charge on any atom is 0.328 e. The van der Waals surface area contributed by atoms with E-state index in [0.717, 1.165) is 56.0 Å². The number of aliphatic carboxylic acids is 2. The molecule has 4 rings (SSSR count). The van der Waals surface area contributed by atoms with Gasteiger partial charge in [0.15, 0.2) is 0 Å². The molecule has 3 N–H and O–H groups in total. The average molecular weight is 636 g/mol. The number of carboxylic acid groups (broad SMARTS) is 2. The molecule has 0 aliphatic carbocycles. The molecule has 0 radical (unpaired) electrons. The number of nitrogens with zero attached hydrogens (tertiary/aromatic N) is 2. The van der Waals surface area contributed by atoms with E-state index in [1.54, 1.807) is 0 Å². The van der Waals surface area contributed by atoms with E-state index in [-0.39, 0.29) is 6.61 Å². The number of carbonyl (C=O) groups is 2. The molecular formula is C31H33Cl3N2O6. The largest absolute Gasteiger partial charge is 0.478 e. The van der Waals surface area contributed by atoms with E-state index in [2.05, 4.69) is 9.80 Å². The summed E-state index contributed by atoms with van der Waals surface area (Å²) in [5.41, 5.74) is 2.09. The molecule has 0 amide bonds. The second-order valence-electron chi connectivity index (χ2n) is 9.47. The monoisotopic (exact) mass is 634 g/mol. The van der Waals surface area contributed by atoms with Gasteiger partial charge in [0.25, 0.3) is 0 Å². The number of hydrogen-bond donors (Lipinski definition) is 3. The highest BCUT2D eigenvalue weighted by Crippen LogP contribution is 2.41. The maximum atomic E-state index is 9.55. The summed E-state index contributed by atoms with van der Waals surface area (Å²) in [6, 6.07) is 23.4. The van der Waals surface area contributed by atoms with Crippen LogP contribution in [0.4, 0.5) is 0 Å². The Morgan fingerprint density at radius 2 is 1.00 bits per heavy atom. The van der Waals surface area contributed by atoms with Crippen molar-refractivity contribution in [1.82, 2.24) is 9.80 Å². The normalized spacial score (nSPS) is 14.4. The highest BCUT2D eigenvalue weighted by atomic mass is 35.5. The summed E-state index contributed by atoms with van der Waals surface area (Å²) in [5.74, 6) is -2.51. The van der Waals surface area contributed by atoms with Crippen molar-refractivity contribution < 1.29 is 29.6 Å². The molecule has 8 nitrogen and oxygen atoms in total. The molecule has 1 aliphatic heterocycles. The summed E-state index contributed by atoms with van der Waals surface area (Å²) >= 11 is 18.7. The minimum absolute atomic E-state index is 0.203. The fourth-order valence-electron chi connectivity index (χ4n) is 4.65. The Hall–Kier alpha value is -2.95. The lowest BCUT2D eigenvalue weighted by Gasteiger charge is -2.38. The minimum Gasteiger partial charge on any atom is -0.478 e. The highest BCUT2D eigenvalue weighted by Gasteiger charge is 2.38. The highest BCUT2D eigenvalue weighted by molar-refractivity contribution is 6.31. The lowest BCUT2D eigenvalue weighted by molar-refractivity contribution is -0.134. The molecule has 224 valence electrons. The van der Waals surface area contributed by atoms with Gasteiger partial charge in [-0.15, -0.1) is 0 Å². The molecule has 3 aromatic carbocycles. The van der Waals surface area contributed by atoms with Gasteiger partial charge in [-0.25, -0.2) is 9.59 Å². The average Bonchev–Trinajstić information content (AvgIpc) is 2.97. The number of rotatable bonds is 11. The quantitative estimate of drug-likeness (QED) is 0.193. The Morgan fingerprint density at radius 1 is 0.667 bits per heavy atom. The fourth-order valence-corrected chi connectivity index (χ4v) is 5.03. The molecule has 42 heavy (non-hydrogen) atoms. The van der Waals surface area contributed by atoms with Crippen LogP contribution in [0.1, 0.15) is 16.7 Å². The molecule has 0 aromatic heterocycles.